The zero-order chi connectivity index (χ0) is 19.9. The minimum absolute atomic E-state index is 0.236. The van der Waals surface area contributed by atoms with E-state index in [-0.39, 0.29) is 12.5 Å². The van der Waals surface area contributed by atoms with Crippen LogP contribution in [0.25, 0.3) is 0 Å². The van der Waals surface area contributed by atoms with Crippen molar-refractivity contribution in [2.45, 2.75) is 20.4 Å². The highest BCUT2D eigenvalue weighted by Gasteiger charge is 2.21. The van der Waals surface area contributed by atoms with Crippen molar-refractivity contribution in [3.63, 3.8) is 0 Å². The van der Waals surface area contributed by atoms with Crippen molar-refractivity contribution in [1.82, 2.24) is 15.5 Å². The topological polar surface area (TPSA) is 64.7 Å². The monoisotopic (exact) mass is 380 g/mol. The third-order valence-electron chi connectivity index (χ3n) is 5.21. The van der Waals surface area contributed by atoms with Gasteiger partial charge in [0.05, 0.1) is 6.54 Å². The summed E-state index contributed by atoms with van der Waals surface area (Å²) >= 11 is 0. The van der Waals surface area contributed by atoms with Crippen LogP contribution >= 0.6 is 0 Å². The van der Waals surface area contributed by atoms with Crippen molar-refractivity contribution in [1.29, 1.82) is 0 Å². The number of carbonyl (C=O) groups is 2. The molecule has 0 aliphatic carbocycles. The van der Waals surface area contributed by atoms with Gasteiger partial charge >= 0.3 is 6.03 Å². The molecule has 0 radical (unpaired) electrons. The largest absolute Gasteiger partial charge is 0.369 e. The van der Waals surface area contributed by atoms with Gasteiger partial charge in [-0.15, -0.1) is 0 Å². The third-order valence-corrected chi connectivity index (χ3v) is 5.21. The first-order valence-electron chi connectivity index (χ1n) is 9.68. The second-order valence-corrected chi connectivity index (χ2v) is 7.20. The number of imide groups is 1. The van der Waals surface area contributed by atoms with E-state index in [9.17, 15) is 9.59 Å². The van der Waals surface area contributed by atoms with E-state index in [0.717, 1.165) is 31.7 Å². The first kappa shape index (κ1) is 19.9. The molecule has 3 rings (SSSR count). The molecule has 3 amide bonds. The fourth-order valence-corrected chi connectivity index (χ4v) is 3.42. The number of anilines is 1. The van der Waals surface area contributed by atoms with Crippen LogP contribution in [0.5, 0.6) is 0 Å². The third kappa shape index (κ3) is 5.33. The number of hydrogen-bond donors (Lipinski definition) is 2. The molecule has 0 aromatic heterocycles. The zero-order valence-electron chi connectivity index (χ0n) is 16.6. The molecule has 0 saturated carbocycles. The number of benzene rings is 2. The smallest absolute Gasteiger partial charge is 0.321 e. The Morgan fingerprint density at radius 1 is 0.929 bits per heavy atom. The minimum atomic E-state index is -0.456. The van der Waals surface area contributed by atoms with Gasteiger partial charge in [0, 0.05) is 38.4 Å². The lowest BCUT2D eigenvalue weighted by atomic mass is 10.1. The number of hydrogen-bond acceptors (Lipinski definition) is 4. The molecule has 0 atom stereocenters. The van der Waals surface area contributed by atoms with Gasteiger partial charge in [-0.2, -0.15) is 0 Å². The van der Waals surface area contributed by atoms with E-state index in [1.54, 1.807) is 0 Å². The summed E-state index contributed by atoms with van der Waals surface area (Å²) < 4.78 is 0. The lowest BCUT2D eigenvalue weighted by Gasteiger charge is -2.36. The van der Waals surface area contributed by atoms with Gasteiger partial charge < -0.3 is 10.2 Å². The van der Waals surface area contributed by atoms with Crippen molar-refractivity contribution >= 4 is 17.6 Å². The fraction of sp³-hybridized carbons (Fsp3) is 0.364. The molecule has 2 N–H and O–H groups in total. The van der Waals surface area contributed by atoms with E-state index in [0.29, 0.717) is 6.54 Å². The van der Waals surface area contributed by atoms with Crippen molar-refractivity contribution in [3.8, 4) is 0 Å². The Morgan fingerprint density at radius 2 is 1.64 bits per heavy atom. The standard InChI is InChI=1S/C22H28N4O2/c1-17-7-6-10-20(18(17)2)26-13-11-25(12-14-26)16-21(27)24-22(28)23-15-19-8-4-3-5-9-19/h3-10H,11-16H2,1-2H3,(H2,23,24,27,28). The van der Waals surface area contributed by atoms with Crippen LogP contribution in [0.4, 0.5) is 10.5 Å². The second kappa shape index (κ2) is 9.37. The summed E-state index contributed by atoms with van der Waals surface area (Å²) in [7, 11) is 0. The molecule has 0 unspecified atom stereocenters. The lowest BCUT2D eigenvalue weighted by Crippen LogP contribution is -2.51. The molecule has 28 heavy (non-hydrogen) atoms. The van der Waals surface area contributed by atoms with Crippen LogP contribution in [0.2, 0.25) is 0 Å². The SMILES string of the molecule is Cc1cccc(N2CCN(CC(=O)NC(=O)NCc3ccccc3)CC2)c1C. The highest BCUT2D eigenvalue weighted by molar-refractivity contribution is 5.95. The number of nitrogens with one attached hydrogen (secondary N) is 2. The van der Waals surface area contributed by atoms with E-state index in [4.69, 9.17) is 0 Å². The summed E-state index contributed by atoms with van der Waals surface area (Å²) in [5, 5.41) is 5.12. The predicted octanol–water partition coefficient (Wildman–Crippen LogP) is 2.45. The van der Waals surface area contributed by atoms with Crippen LogP contribution in [0, 0.1) is 13.8 Å². The van der Waals surface area contributed by atoms with Gasteiger partial charge in [0.15, 0.2) is 0 Å². The molecule has 6 heteroatoms. The molecule has 1 heterocycles. The molecule has 2 aromatic carbocycles. The number of piperazine rings is 1. The minimum Gasteiger partial charge on any atom is -0.369 e. The Morgan fingerprint density at radius 3 is 2.36 bits per heavy atom. The number of carbonyl (C=O) groups excluding carboxylic acids is 2. The molecular formula is C22H28N4O2. The molecule has 1 aliphatic rings. The van der Waals surface area contributed by atoms with Crippen LogP contribution in [0.15, 0.2) is 48.5 Å². The van der Waals surface area contributed by atoms with E-state index in [1.165, 1.54) is 16.8 Å². The van der Waals surface area contributed by atoms with Crippen LogP contribution in [0.3, 0.4) is 0 Å². The van der Waals surface area contributed by atoms with Gasteiger partial charge in [0.25, 0.3) is 0 Å². The fourth-order valence-electron chi connectivity index (χ4n) is 3.42. The Kier molecular flexibility index (Phi) is 6.66. The number of rotatable bonds is 5. The van der Waals surface area contributed by atoms with Crippen LogP contribution < -0.4 is 15.5 Å². The normalized spacial score (nSPS) is 14.6. The highest BCUT2D eigenvalue weighted by atomic mass is 16.2. The van der Waals surface area contributed by atoms with Crippen LogP contribution in [-0.4, -0.2) is 49.6 Å². The van der Waals surface area contributed by atoms with Crippen LogP contribution in [-0.2, 0) is 11.3 Å². The van der Waals surface area contributed by atoms with E-state index < -0.39 is 6.03 Å². The molecule has 2 aromatic rings. The summed E-state index contributed by atoms with van der Waals surface area (Å²) in [6.07, 6.45) is 0. The average molecular weight is 380 g/mol. The van der Waals surface area contributed by atoms with Gasteiger partial charge in [-0.05, 0) is 36.6 Å². The van der Waals surface area contributed by atoms with Crippen molar-refractivity contribution in [2.24, 2.45) is 0 Å². The molecule has 1 fully saturated rings. The predicted molar refractivity (Wildman–Crippen MR) is 111 cm³/mol. The van der Waals surface area contributed by atoms with E-state index in [1.807, 2.05) is 30.3 Å². The van der Waals surface area contributed by atoms with Gasteiger partial charge in [0.2, 0.25) is 5.91 Å². The maximum Gasteiger partial charge on any atom is 0.321 e. The highest BCUT2D eigenvalue weighted by Crippen LogP contribution is 2.23. The number of aryl methyl sites for hydroxylation is 1. The summed E-state index contributed by atoms with van der Waals surface area (Å²) in [6, 6.07) is 15.5. The van der Waals surface area contributed by atoms with E-state index in [2.05, 4.69) is 52.5 Å². The average Bonchev–Trinajstić information content (AvgIpc) is 2.70. The van der Waals surface area contributed by atoms with E-state index >= 15 is 0 Å². The Hall–Kier alpha value is -2.86. The molecule has 148 valence electrons. The Labute approximate surface area is 166 Å². The van der Waals surface area contributed by atoms with Crippen molar-refractivity contribution < 1.29 is 9.59 Å². The van der Waals surface area contributed by atoms with Crippen LogP contribution in [0.1, 0.15) is 16.7 Å². The lowest BCUT2D eigenvalue weighted by molar-refractivity contribution is -0.121. The molecule has 1 saturated heterocycles. The summed E-state index contributed by atoms with van der Waals surface area (Å²) in [6.45, 7) is 8.25. The molecule has 1 aliphatic heterocycles. The Bertz CT molecular complexity index is 815. The first-order chi connectivity index (χ1) is 13.5. The Balaban J connectivity index is 1.41. The zero-order valence-corrected chi connectivity index (χ0v) is 16.6. The molecule has 0 bridgehead atoms. The summed E-state index contributed by atoms with van der Waals surface area (Å²) in [4.78, 5) is 28.5. The van der Waals surface area contributed by atoms with Gasteiger partial charge in [0.1, 0.15) is 0 Å². The van der Waals surface area contributed by atoms with Crippen molar-refractivity contribution in [3.05, 3.63) is 65.2 Å². The van der Waals surface area contributed by atoms with Crippen molar-refractivity contribution in [2.75, 3.05) is 37.6 Å². The molecule has 0 spiro atoms. The molecular weight excluding hydrogens is 352 g/mol. The van der Waals surface area contributed by atoms with Gasteiger partial charge in [-0.3, -0.25) is 15.0 Å². The van der Waals surface area contributed by atoms with Gasteiger partial charge in [-0.1, -0.05) is 42.5 Å². The number of nitrogens with zero attached hydrogens (tertiary/aromatic N) is 2. The number of urea groups is 1. The number of amides is 3. The second-order valence-electron chi connectivity index (χ2n) is 7.20. The summed E-state index contributed by atoms with van der Waals surface area (Å²) in [5.41, 5.74) is 4.86. The maximum absolute atomic E-state index is 12.2. The maximum atomic E-state index is 12.2. The summed E-state index contributed by atoms with van der Waals surface area (Å²) in [5.74, 6) is -0.272. The molecule has 6 nitrogen and oxygen atoms in total. The van der Waals surface area contributed by atoms with Gasteiger partial charge in [-0.25, -0.2) is 4.79 Å². The first-order valence-corrected chi connectivity index (χ1v) is 9.68. The quantitative estimate of drug-likeness (QED) is 0.836.